The Balaban J connectivity index is 1.60. The maximum atomic E-state index is 9.16. The van der Waals surface area contributed by atoms with E-state index in [1.807, 2.05) is 16.9 Å². The van der Waals surface area contributed by atoms with Gasteiger partial charge in [0, 0.05) is 30.4 Å². The molecule has 1 aliphatic rings. The van der Waals surface area contributed by atoms with Gasteiger partial charge in [0.1, 0.15) is 11.5 Å². The summed E-state index contributed by atoms with van der Waals surface area (Å²) in [6.45, 7) is 3.70. The molecular weight excluding hydrogens is 318 g/mol. The van der Waals surface area contributed by atoms with Gasteiger partial charge in [-0.3, -0.25) is 9.58 Å². The number of aromatic nitrogens is 2. The molecule has 25 heavy (non-hydrogen) atoms. The fourth-order valence-corrected chi connectivity index (χ4v) is 3.57. The Hall–Kier alpha value is -2.05. The zero-order valence-corrected chi connectivity index (χ0v) is 15.0. The van der Waals surface area contributed by atoms with E-state index in [2.05, 4.69) is 28.2 Å². The number of piperidine rings is 1. The molecule has 0 bridgehead atoms. The highest BCUT2D eigenvalue weighted by atomic mass is 16.5. The first-order valence-electron chi connectivity index (χ1n) is 8.80. The minimum absolute atomic E-state index is 0.130. The van der Waals surface area contributed by atoms with Gasteiger partial charge in [-0.05, 0) is 49.7 Å². The van der Waals surface area contributed by atoms with Crippen LogP contribution >= 0.6 is 0 Å². The molecule has 2 aromatic rings. The second-order valence-electron chi connectivity index (χ2n) is 6.47. The normalized spacial score (nSPS) is 16.1. The van der Waals surface area contributed by atoms with Crippen LogP contribution in [-0.2, 0) is 13.1 Å². The number of rotatable bonds is 7. The second kappa shape index (κ2) is 8.36. The van der Waals surface area contributed by atoms with Crippen LogP contribution in [0.25, 0.3) is 0 Å². The molecule has 1 aromatic heterocycles. The summed E-state index contributed by atoms with van der Waals surface area (Å²) in [4.78, 5) is 2.47. The van der Waals surface area contributed by atoms with Gasteiger partial charge >= 0.3 is 0 Å². The molecule has 3 rings (SSSR count). The summed E-state index contributed by atoms with van der Waals surface area (Å²) in [5.74, 6) is 2.18. The highest BCUT2D eigenvalue weighted by Crippen LogP contribution is 2.29. The lowest BCUT2D eigenvalue weighted by Gasteiger charge is -2.32. The van der Waals surface area contributed by atoms with Crippen molar-refractivity contribution in [2.45, 2.75) is 31.8 Å². The fraction of sp³-hybridized carbons (Fsp3) is 0.526. The van der Waals surface area contributed by atoms with E-state index in [4.69, 9.17) is 14.6 Å². The molecule has 1 aliphatic heterocycles. The second-order valence-corrected chi connectivity index (χ2v) is 6.47. The van der Waals surface area contributed by atoms with Crippen LogP contribution in [-0.4, -0.2) is 53.7 Å². The Kier molecular flexibility index (Phi) is 5.94. The summed E-state index contributed by atoms with van der Waals surface area (Å²) < 4.78 is 12.7. The van der Waals surface area contributed by atoms with Crippen LogP contribution < -0.4 is 9.47 Å². The van der Waals surface area contributed by atoms with Crippen molar-refractivity contribution in [3.63, 3.8) is 0 Å². The molecule has 0 spiro atoms. The van der Waals surface area contributed by atoms with E-state index < -0.39 is 0 Å². The van der Waals surface area contributed by atoms with E-state index in [-0.39, 0.29) is 6.61 Å². The van der Waals surface area contributed by atoms with Crippen molar-refractivity contribution in [2.24, 2.45) is 0 Å². The monoisotopic (exact) mass is 345 g/mol. The smallest absolute Gasteiger partial charge is 0.122 e. The molecule has 0 atom stereocenters. The van der Waals surface area contributed by atoms with Crippen molar-refractivity contribution >= 4 is 0 Å². The van der Waals surface area contributed by atoms with Crippen molar-refractivity contribution in [3.8, 4) is 11.5 Å². The standard InChI is InChI=1S/C19H27N3O3/c1-24-17-11-15(12-18(13-17)25-2)14-21-7-4-16(5-8-21)19-3-6-20-22(19)9-10-23/h3,6,11-13,16,23H,4-5,7-10,14H2,1-2H3. The van der Waals surface area contributed by atoms with Crippen LogP contribution in [0.5, 0.6) is 11.5 Å². The molecule has 6 nitrogen and oxygen atoms in total. The van der Waals surface area contributed by atoms with Gasteiger partial charge in [0.2, 0.25) is 0 Å². The molecule has 1 aromatic carbocycles. The molecule has 0 aliphatic carbocycles. The third-order valence-electron chi connectivity index (χ3n) is 4.88. The van der Waals surface area contributed by atoms with Crippen LogP contribution in [0.4, 0.5) is 0 Å². The van der Waals surface area contributed by atoms with E-state index in [0.29, 0.717) is 12.5 Å². The molecule has 0 amide bonds. The Morgan fingerprint density at radius 3 is 2.40 bits per heavy atom. The summed E-state index contributed by atoms with van der Waals surface area (Å²) in [7, 11) is 3.36. The highest BCUT2D eigenvalue weighted by molar-refractivity contribution is 5.38. The Labute approximate surface area is 149 Å². The zero-order valence-electron chi connectivity index (χ0n) is 15.0. The molecule has 136 valence electrons. The largest absolute Gasteiger partial charge is 0.497 e. The number of hydrogen-bond acceptors (Lipinski definition) is 5. The maximum absolute atomic E-state index is 9.16. The minimum Gasteiger partial charge on any atom is -0.497 e. The SMILES string of the molecule is COc1cc(CN2CCC(c3ccnn3CCO)CC2)cc(OC)c1. The number of aliphatic hydroxyl groups is 1. The van der Waals surface area contributed by atoms with Gasteiger partial charge in [0.25, 0.3) is 0 Å². The van der Waals surface area contributed by atoms with E-state index in [9.17, 15) is 0 Å². The Morgan fingerprint density at radius 1 is 1.12 bits per heavy atom. The quantitative estimate of drug-likeness (QED) is 0.834. The van der Waals surface area contributed by atoms with Crippen LogP contribution in [0.2, 0.25) is 0 Å². The van der Waals surface area contributed by atoms with Crippen molar-refractivity contribution in [1.29, 1.82) is 0 Å². The van der Waals surface area contributed by atoms with E-state index >= 15 is 0 Å². The van der Waals surface area contributed by atoms with Gasteiger partial charge in [0.15, 0.2) is 0 Å². The summed E-state index contributed by atoms with van der Waals surface area (Å²) in [5, 5.41) is 13.5. The van der Waals surface area contributed by atoms with Crippen molar-refractivity contribution in [2.75, 3.05) is 33.9 Å². The van der Waals surface area contributed by atoms with Gasteiger partial charge in [0.05, 0.1) is 27.4 Å². The average molecular weight is 345 g/mol. The topological polar surface area (TPSA) is 59.8 Å². The number of ether oxygens (including phenoxy) is 2. The minimum atomic E-state index is 0.130. The number of aliphatic hydroxyl groups excluding tert-OH is 1. The molecule has 0 unspecified atom stereocenters. The number of benzene rings is 1. The van der Waals surface area contributed by atoms with Crippen molar-refractivity contribution in [1.82, 2.24) is 14.7 Å². The van der Waals surface area contributed by atoms with Gasteiger partial charge < -0.3 is 14.6 Å². The fourth-order valence-electron chi connectivity index (χ4n) is 3.57. The lowest BCUT2D eigenvalue weighted by atomic mass is 9.93. The first kappa shape index (κ1) is 17.8. The predicted octanol–water partition coefficient (Wildman–Crippen LogP) is 2.27. The van der Waals surface area contributed by atoms with Crippen LogP contribution in [0.1, 0.15) is 30.0 Å². The van der Waals surface area contributed by atoms with Crippen LogP contribution in [0.3, 0.4) is 0 Å². The van der Waals surface area contributed by atoms with Crippen LogP contribution in [0.15, 0.2) is 30.5 Å². The summed E-state index contributed by atoms with van der Waals surface area (Å²) in [6, 6.07) is 8.14. The molecule has 0 saturated carbocycles. The average Bonchev–Trinajstić information content (AvgIpc) is 3.10. The zero-order chi connectivity index (χ0) is 17.6. The molecule has 1 saturated heterocycles. The van der Waals surface area contributed by atoms with Gasteiger partial charge in [-0.15, -0.1) is 0 Å². The lowest BCUT2D eigenvalue weighted by molar-refractivity contribution is 0.198. The maximum Gasteiger partial charge on any atom is 0.122 e. The first-order valence-corrected chi connectivity index (χ1v) is 8.80. The van der Waals surface area contributed by atoms with Crippen LogP contribution in [0, 0.1) is 0 Å². The summed E-state index contributed by atoms with van der Waals surface area (Å²) in [6.07, 6.45) is 4.05. The third kappa shape index (κ3) is 4.32. The molecule has 1 N–H and O–H groups in total. The van der Waals surface area contributed by atoms with Crippen molar-refractivity contribution < 1.29 is 14.6 Å². The molecule has 6 heteroatoms. The Morgan fingerprint density at radius 2 is 1.80 bits per heavy atom. The summed E-state index contributed by atoms with van der Waals surface area (Å²) >= 11 is 0. The third-order valence-corrected chi connectivity index (χ3v) is 4.88. The number of likely N-dealkylation sites (tertiary alicyclic amines) is 1. The molecule has 1 fully saturated rings. The highest BCUT2D eigenvalue weighted by Gasteiger charge is 2.23. The summed E-state index contributed by atoms with van der Waals surface area (Å²) in [5.41, 5.74) is 2.46. The number of methoxy groups -OCH3 is 2. The predicted molar refractivity (Wildman–Crippen MR) is 96.1 cm³/mol. The van der Waals surface area contributed by atoms with E-state index in [1.54, 1.807) is 14.2 Å². The van der Waals surface area contributed by atoms with E-state index in [1.165, 1.54) is 11.3 Å². The van der Waals surface area contributed by atoms with Crippen molar-refractivity contribution in [3.05, 3.63) is 41.7 Å². The van der Waals surface area contributed by atoms with Gasteiger partial charge in [-0.2, -0.15) is 5.10 Å². The molecule has 0 radical (unpaired) electrons. The lowest BCUT2D eigenvalue weighted by Crippen LogP contribution is -2.33. The molecular formula is C19H27N3O3. The molecule has 2 heterocycles. The number of nitrogens with zero attached hydrogens (tertiary/aromatic N) is 3. The number of hydrogen-bond donors (Lipinski definition) is 1. The Bertz CT molecular complexity index is 656. The van der Waals surface area contributed by atoms with E-state index in [0.717, 1.165) is 44.0 Å². The first-order chi connectivity index (χ1) is 12.2. The van der Waals surface area contributed by atoms with Gasteiger partial charge in [-0.1, -0.05) is 0 Å². The van der Waals surface area contributed by atoms with Gasteiger partial charge in [-0.25, -0.2) is 0 Å².